The third kappa shape index (κ3) is 4.32. The molecule has 2 rings (SSSR count). The number of hydrogen-bond donors (Lipinski definition) is 1. The Bertz CT molecular complexity index is 774. The van der Waals surface area contributed by atoms with E-state index in [9.17, 15) is 8.42 Å². The molecule has 0 saturated heterocycles. The van der Waals surface area contributed by atoms with Crippen LogP contribution in [0.4, 0.5) is 5.69 Å². The van der Waals surface area contributed by atoms with Crippen LogP contribution in [0, 0.1) is 11.8 Å². The summed E-state index contributed by atoms with van der Waals surface area (Å²) in [5.41, 5.74) is 1.93. The van der Waals surface area contributed by atoms with Crippen LogP contribution in [-0.2, 0) is 10.0 Å². The lowest BCUT2D eigenvalue weighted by Crippen LogP contribution is -2.24. The lowest BCUT2D eigenvalue weighted by atomic mass is 10.2. The Kier molecular flexibility index (Phi) is 5.15. The van der Waals surface area contributed by atoms with E-state index < -0.39 is 10.0 Å². The molecule has 0 atom stereocenters. The van der Waals surface area contributed by atoms with Gasteiger partial charge >= 0.3 is 0 Å². The van der Waals surface area contributed by atoms with Gasteiger partial charge in [0.1, 0.15) is 4.90 Å². The molecule has 1 heterocycles. The predicted octanol–water partition coefficient (Wildman–Crippen LogP) is 1.48. The summed E-state index contributed by atoms with van der Waals surface area (Å²) < 4.78 is 26.3. The van der Waals surface area contributed by atoms with E-state index in [1.54, 1.807) is 6.07 Å². The lowest BCUT2D eigenvalue weighted by Gasteiger charge is -2.11. The third-order valence-corrected chi connectivity index (χ3v) is 4.30. The molecule has 0 fully saturated rings. The first-order chi connectivity index (χ1) is 10.5. The van der Waals surface area contributed by atoms with Gasteiger partial charge in [0.25, 0.3) is 0 Å². The fourth-order valence-corrected chi connectivity index (χ4v) is 2.60. The Morgan fingerprint density at radius 1 is 1.18 bits per heavy atom. The maximum Gasteiger partial charge on any atom is 0.242 e. The van der Waals surface area contributed by atoms with E-state index in [0.29, 0.717) is 0 Å². The molecule has 0 radical (unpaired) electrons. The topological polar surface area (TPSA) is 62.3 Å². The molecular weight excluding hydrogens is 298 g/mol. The zero-order chi connectivity index (χ0) is 16.0. The van der Waals surface area contributed by atoms with E-state index in [2.05, 4.69) is 21.5 Å². The van der Waals surface area contributed by atoms with Crippen molar-refractivity contribution in [3.8, 4) is 11.8 Å². The summed E-state index contributed by atoms with van der Waals surface area (Å²) in [6, 6.07) is 10.8. The lowest BCUT2D eigenvalue weighted by molar-refractivity contribution is 0.585. The molecule has 0 saturated carbocycles. The Hall–Kier alpha value is -2.36. The first-order valence-electron chi connectivity index (χ1n) is 6.65. The average Bonchev–Trinajstić information content (AvgIpc) is 2.53. The number of nitrogens with zero attached hydrogens (tertiary/aromatic N) is 2. The van der Waals surface area contributed by atoms with E-state index in [4.69, 9.17) is 0 Å². The molecule has 0 aliphatic rings. The van der Waals surface area contributed by atoms with Crippen LogP contribution in [0.2, 0.25) is 0 Å². The highest BCUT2D eigenvalue weighted by Gasteiger charge is 2.11. The summed E-state index contributed by atoms with van der Waals surface area (Å²) in [6.07, 6.45) is 2.83. The minimum atomic E-state index is -3.55. The van der Waals surface area contributed by atoms with Crippen molar-refractivity contribution < 1.29 is 8.42 Å². The van der Waals surface area contributed by atoms with Crippen molar-refractivity contribution >= 4 is 15.7 Å². The van der Waals surface area contributed by atoms with Crippen LogP contribution in [0.1, 0.15) is 5.56 Å². The van der Waals surface area contributed by atoms with Crippen molar-refractivity contribution in [1.29, 1.82) is 0 Å². The molecule has 0 bridgehead atoms. The summed E-state index contributed by atoms with van der Waals surface area (Å²) in [5.74, 6) is 5.73. The van der Waals surface area contributed by atoms with Crippen LogP contribution in [0.25, 0.3) is 0 Å². The Labute approximate surface area is 131 Å². The Morgan fingerprint density at radius 3 is 2.50 bits per heavy atom. The smallest absolute Gasteiger partial charge is 0.242 e. The van der Waals surface area contributed by atoms with Crippen LogP contribution in [0.15, 0.2) is 53.7 Å². The van der Waals surface area contributed by atoms with Crippen LogP contribution in [0.3, 0.4) is 0 Å². The van der Waals surface area contributed by atoms with Crippen LogP contribution in [0.5, 0.6) is 0 Å². The molecule has 5 nitrogen and oxygen atoms in total. The first-order valence-corrected chi connectivity index (χ1v) is 8.13. The Balaban J connectivity index is 1.97. The van der Waals surface area contributed by atoms with Gasteiger partial charge in [-0.15, -0.1) is 0 Å². The van der Waals surface area contributed by atoms with Crippen molar-refractivity contribution in [2.75, 3.05) is 25.5 Å². The van der Waals surface area contributed by atoms with E-state index in [1.165, 1.54) is 18.5 Å². The molecular formula is C16H17N3O2S. The number of hydrogen-bond acceptors (Lipinski definition) is 4. The Morgan fingerprint density at radius 2 is 1.91 bits per heavy atom. The van der Waals surface area contributed by atoms with E-state index in [0.717, 1.165) is 11.3 Å². The van der Waals surface area contributed by atoms with Gasteiger partial charge in [-0.25, -0.2) is 8.42 Å². The van der Waals surface area contributed by atoms with Crippen molar-refractivity contribution in [3.05, 3.63) is 54.4 Å². The summed E-state index contributed by atoms with van der Waals surface area (Å²) in [4.78, 5) is 5.92. The molecule has 1 N–H and O–H groups in total. The number of pyridine rings is 1. The fourth-order valence-electron chi connectivity index (χ4n) is 1.71. The highest BCUT2D eigenvalue weighted by atomic mass is 32.2. The maximum atomic E-state index is 11.9. The maximum absolute atomic E-state index is 11.9. The van der Waals surface area contributed by atoms with Gasteiger partial charge < -0.3 is 4.90 Å². The number of aromatic nitrogens is 1. The summed E-state index contributed by atoms with van der Waals surface area (Å²) >= 11 is 0. The van der Waals surface area contributed by atoms with Crippen molar-refractivity contribution in [1.82, 2.24) is 9.71 Å². The largest absolute Gasteiger partial charge is 0.378 e. The number of benzene rings is 1. The second-order valence-corrected chi connectivity index (χ2v) is 6.52. The van der Waals surface area contributed by atoms with Crippen LogP contribution >= 0.6 is 0 Å². The second kappa shape index (κ2) is 7.07. The monoisotopic (exact) mass is 315 g/mol. The molecule has 114 valence electrons. The standard InChI is InChI=1S/C16H17N3O2S/c1-19(2)15-9-7-14(8-10-15)5-3-12-18-22(20,21)16-6-4-11-17-13-16/h4,6-11,13,18H,12H2,1-2H3. The summed E-state index contributed by atoms with van der Waals surface area (Å²) in [7, 11) is 0.378. The SMILES string of the molecule is CN(C)c1ccc(C#CCNS(=O)(=O)c2cccnc2)cc1. The first kappa shape index (κ1) is 16.0. The van der Waals surface area contributed by atoms with Crippen molar-refractivity contribution in [2.24, 2.45) is 0 Å². The van der Waals surface area contributed by atoms with Gasteiger partial charge in [0, 0.05) is 37.7 Å². The van der Waals surface area contributed by atoms with Crippen molar-refractivity contribution in [3.63, 3.8) is 0 Å². The van der Waals surface area contributed by atoms with Crippen molar-refractivity contribution in [2.45, 2.75) is 4.90 Å². The molecule has 22 heavy (non-hydrogen) atoms. The van der Waals surface area contributed by atoms with Gasteiger partial charge in [0.2, 0.25) is 10.0 Å². The van der Waals surface area contributed by atoms with Gasteiger partial charge in [0.15, 0.2) is 0 Å². The second-order valence-electron chi connectivity index (χ2n) is 4.76. The summed E-state index contributed by atoms with van der Waals surface area (Å²) in [5, 5.41) is 0. The average molecular weight is 315 g/mol. The number of nitrogens with one attached hydrogen (secondary N) is 1. The predicted molar refractivity (Wildman–Crippen MR) is 87.1 cm³/mol. The molecule has 0 unspecified atom stereocenters. The number of sulfonamides is 1. The molecule has 0 aliphatic carbocycles. The highest BCUT2D eigenvalue weighted by molar-refractivity contribution is 7.89. The van der Waals surface area contributed by atoms with E-state index in [-0.39, 0.29) is 11.4 Å². The summed E-state index contributed by atoms with van der Waals surface area (Å²) in [6.45, 7) is 0.0483. The van der Waals surface area contributed by atoms with Gasteiger partial charge in [-0.05, 0) is 36.4 Å². The molecule has 0 aliphatic heterocycles. The quantitative estimate of drug-likeness (QED) is 0.868. The van der Waals surface area contributed by atoms with Crippen LogP contribution < -0.4 is 9.62 Å². The molecule has 1 aromatic carbocycles. The number of anilines is 1. The molecule has 1 aromatic heterocycles. The fraction of sp³-hybridized carbons (Fsp3) is 0.188. The van der Waals surface area contributed by atoms with E-state index in [1.807, 2.05) is 43.3 Å². The van der Waals surface area contributed by atoms with Gasteiger partial charge in [-0.2, -0.15) is 4.72 Å². The minimum Gasteiger partial charge on any atom is -0.378 e. The zero-order valence-corrected chi connectivity index (χ0v) is 13.3. The van der Waals surface area contributed by atoms with Crippen LogP contribution in [-0.4, -0.2) is 34.0 Å². The third-order valence-electron chi connectivity index (χ3n) is 2.91. The molecule has 2 aromatic rings. The number of rotatable bonds is 4. The van der Waals surface area contributed by atoms with E-state index >= 15 is 0 Å². The van der Waals surface area contributed by atoms with Gasteiger partial charge in [-0.3, -0.25) is 4.98 Å². The molecule has 0 spiro atoms. The highest BCUT2D eigenvalue weighted by Crippen LogP contribution is 2.11. The zero-order valence-electron chi connectivity index (χ0n) is 12.4. The molecule has 0 amide bonds. The minimum absolute atomic E-state index is 0.0483. The van der Waals surface area contributed by atoms with Gasteiger partial charge in [0.05, 0.1) is 6.54 Å². The molecule has 6 heteroatoms. The normalized spacial score (nSPS) is 10.6. The van der Waals surface area contributed by atoms with Gasteiger partial charge in [-0.1, -0.05) is 11.8 Å².